The molecule has 0 radical (unpaired) electrons. The Balaban J connectivity index is 1.63. The van der Waals surface area contributed by atoms with E-state index < -0.39 is 0 Å². The molecule has 0 spiro atoms. The number of carbonyl (C=O) groups is 2. The van der Waals surface area contributed by atoms with Gasteiger partial charge in [-0.3, -0.25) is 9.59 Å². The summed E-state index contributed by atoms with van der Waals surface area (Å²) < 4.78 is 0. The summed E-state index contributed by atoms with van der Waals surface area (Å²) in [5.41, 5.74) is 3.27. The first-order valence-electron chi connectivity index (χ1n) is 10.2. The van der Waals surface area contributed by atoms with E-state index in [1.54, 1.807) is 0 Å². The highest BCUT2D eigenvalue weighted by Crippen LogP contribution is 2.27. The van der Waals surface area contributed by atoms with Gasteiger partial charge < -0.3 is 10.2 Å². The molecule has 0 bridgehead atoms. The Morgan fingerprint density at radius 2 is 1.72 bits per heavy atom. The van der Waals surface area contributed by atoms with Gasteiger partial charge in [0.1, 0.15) is 0 Å². The molecular formula is C24H25N3O2. The summed E-state index contributed by atoms with van der Waals surface area (Å²) in [5, 5.41) is 3.75. The minimum absolute atomic E-state index is 0.00642. The average Bonchev–Trinajstić information content (AvgIpc) is 2.78. The van der Waals surface area contributed by atoms with Crippen LogP contribution in [-0.2, 0) is 4.79 Å². The molecule has 2 amide bonds. The van der Waals surface area contributed by atoms with Crippen LogP contribution in [0.2, 0.25) is 0 Å². The lowest BCUT2D eigenvalue weighted by Crippen LogP contribution is -2.43. The maximum Gasteiger partial charge on any atom is 0.254 e. The summed E-state index contributed by atoms with van der Waals surface area (Å²) >= 11 is 0. The monoisotopic (exact) mass is 387 g/mol. The highest BCUT2D eigenvalue weighted by atomic mass is 16.2. The van der Waals surface area contributed by atoms with E-state index in [1.165, 1.54) is 0 Å². The molecule has 29 heavy (non-hydrogen) atoms. The number of hydrogen-bond donors (Lipinski definition) is 1. The van der Waals surface area contributed by atoms with Gasteiger partial charge in [0, 0.05) is 36.5 Å². The van der Waals surface area contributed by atoms with Crippen LogP contribution in [0, 0.1) is 5.92 Å². The number of amides is 2. The molecule has 148 valence electrons. The van der Waals surface area contributed by atoms with Gasteiger partial charge in [-0.05, 0) is 31.9 Å². The number of fused-ring (bicyclic) bond motifs is 1. The van der Waals surface area contributed by atoms with Crippen molar-refractivity contribution in [3.8, 4) is 11.3 Å². The van der Waals surface area contributed by atoms with E-state index in [0.717, 1.165) is 22.2 Å². The Morgan fingerprint density at radius 1 is 1.03 bits per heavy atom. The maximum absolute atomic E-state index is 13.4. The Labute approximate surface area is 170 Å². The van der Waals surface area contributed by atoms with E-state index in [2.05, 4.69) is 5.32 Å². The molecule has 0 saturated carbocycles. The van der Waals surface area contributed by atoms with E-state index >= 15 is 0 Å². The van der Waals surface area contributed by atoms with Crippen molar-refractivity contribution in [2.24, 2.45) is 5.92 Å². The molecule has 2 heterocycles. The zero-order valence-corrected chi connectivity index (χ0v) is 16.6. The second kappa shape index (κ2) is 8.43. The molecule has 0 atom stereocenters. The summed E-state index contributed by atoms with van der Waals surface area (Å²) in [4.78, 5) is 32.1. The van der Waals surface area contributed by atoms with Gasteiger partial charge >= 0.3 is 0 Å². The van der Waals surface area contributed by atoms with Crippen molar-refractivity contribution >= 4 is 22.7 Å². The molecule has 1 fully saturated rings. The average molecular weight is 387 g/mol. The molecular weight excluding hydrogens is 362 g/mol. The van der Waals surface area contributed by atoms with E-state index in [1.807, 2.05) is 72.5 Å². The fourth-order valence-electron chi connectivity index (χ4n) is 3.94. The topological polar surface area (TPSA) is 62.3 Å². The highest BCUT2D eigenvalue weighted by molar-refractivity contribution is 6.07. The minimum atomic E-state index is -0.00642. The molecule has 5 nitrogen and oxygen atoms in total. The number of pyridine rings is 1. The van der Waals surface area contributed by atoms with Gasteiger partial charge in [0.05, 0.1) is 16.8 Å². The normalized spacial score (nSPS) is 14.7. The Bertz CT molecular complexity index is 1020. The van der Waals surface area contributed by atoms with E-state index in [9.17, 15) is 9.59 Å². The number of para-hydroxylation sites is 1. The van der Waals surface area contributed by atoms with Gasteiger partial charge in [0.15, 0.2) is 0 Å². The Hall–Kier alpha value is -3.21. The van der Waals surface area contributed by atoms with E-state index in [0.29, 0.717) is 38.0 Å². The number of aromatic nitrogens is 1. The van der Waals surface area contributed by atoms with Crippen LogP contribution < -0.4 is 5.32 Å². The number of piperidine rings is 1. The van der Waals surface area contributed by atoms with E-state index in [4.69, 9.17) is 4.98 Å². The van der Waals surface area contributed by atoms with Crippen LogP contribution >= 0.6 is 0 Å². The van der Waals surface area contributed by atoms with Gasteiger partial charge in [0.25, 0.3) is 5.91 Å². The number of hydrogen-bond acceptors (Lipinski definition) is 3. The van der Waals surface area contributed by atoms with Crippen LogP contribution in [0.3, 0.4) is 0 Å². The van der Waals surface area contributed by atoms with Gasteiger partial charge in [-0.15, -0.1) is 0 Å². The number of likely N-dealkylation sites (tertiary alicyclic amines) is 1. The fraction of sp³-hybridized carbons (Fsp3) is 0.292. The SMILES string of the molecule is CCNC(=O)C1CCN(C(=O)c2cc(-c3ccccc3)nc3ccccc23)CC1. The van der Waals surface area contributed by atoms with Crippen molar-refractivity contribution in [3.63, 3.8) is 0 Å². The molecule has 1 saturated heterocycles. The van der Waals surface area contributed by atoms with Crippen LogP contribution in [0.1, 0.15) is 30.1 Å². The standard InChI is InChI=1S/C24H25N3O2/c1-2-25-23(28)18-12-14-27(15-13-18)24(29)20-16-22(17-8-4-3-5-9-17)26-21-11-7-6-10-19(20)21/h3-11,16,18H,2,12-15H2,1H3,(H,25,28). The van der Waals surface area contributed by atoms with Gasteiger partial charge in [-0.1, -0.05) is 48.5 Å². The quantitative estimate of drug-likeness (QED) is 0.739. The molecule has 1 N–H and O–H groups in total. The molecule has 4 rings (SSSR count). The Morgan fingerprint density at radius 3 is 2.45 bits per heavy atom. The van der Waals surface area contributed by atoms with Crippen LogP contribution in [-0.4, -0.2) is 41.3 Å². The molecule has 2 aromatic carbocycles. The zero-order valence-electron chi connectivity index (χ0n) is 16.6. The molecule has 3 aromatic rings. The van der Waals surface area contributed by atoms with Crippen molar-refractivity contribution in [3.05, 3.63) is 66.2 Å². The predicted octanol–water partition coefficient (Wildman–Crippen LogP) is 3.89. The number of carbonyl (C=O) groups excluding carboxylic acids is 2. The lowest BCUT2D eigenvalue weighted by Gasteiger charge is -2.31. The summed E-state index contributed by atoms with van der Waals surface area (Å²) in [6.07, 6.45) is 1.40. The Kier molecular flexibility index (Phi) is 5.56. The second-order valence-corrected chi connectivity index (χ2v) is 7.40. The number of nitrogens with zero attached hydrogens (tertiary/aromatic N) is 2. The lowest BCUT2D eigenvalue weighted by molar-refractivity contribution is -0.126. The molecule has 5 heteroatoms. The largest absolute Gasteiger partial charge is 0.356 e. The highest BCUT2D eigenvalue weighted by Gasteiger charge is 2.28. The van der Waals surface area contributed by atoms with Crippen LogP contribution in [0.25, 0.3) is 22.2 Å². The first-order chi connectivity index (χ1) is 14.2. The van der Waals surface area contributed by atoms with Gasteiger partial charge in [0.2, 0.25) is 5.91 Å². The summed E-state index contributed by atoms with van der Waals surface area (Å²) in [6, 6.07) is 19.6. The van der Waals surface area contributed by atoms with Crippen molar-refractivity contribution in [2.75, 3.05) is 19.6 Å². The van der Waals surface area contributed by atoms with Gasteiger partial charge in [-0.2, -0.15) is 0 Å². The molecule has 0 unspecified atom stereocenters. The number of nitrogens with one attached hydrogen (secondary N) is 1. The van der Waals surface area contributed by atoms with Crippen molar-refractivity contribution in [2.45, 2.75) is 19.8 Å². The minimum Gasteiger partial charge on any atom is -0.356 e. The molecule has 1 aliphatic rings. The first kappa shape index (κ1) is 19.1. The van der Waals surface area contributed by atoms with Gasteiger partial charge in [-0.25, -0.2) is 4.98 Å². The second-order valence-electron chi connectivity index (χ2n) is 7.40. The lowest BCUT2D eigenvalue weighted by atomic mass is 9.95. The van der Waals surface area contributed by atoms with E-state index in [-0.39, 0.29) is 17.7 Å². The van der Waals surface area contributed by atoms with Crippen LogP contribution in [0.15, 0.2) is 60.7 Å². The molecule has 0 aliphatic carbocycles. The number of benzene rings is 2. The van der Waals surface area contributed by atoms with Crippen LogP contribution in [0.5, 0.6) is 0 Å². The van der Waals surface area contributed by atoms with Crippen molar-refractivity contribution in [1.29, 1.82) is 0 Å². The third-order valence-corrected chi connectivity index (χ3v) is 5.52. The summed E-state index contributed by atoms with van der Waals surface area (Å²) in [7, 11) is 0. The molecule has 1 aromatic heterocycles. The first-order valence-corrected chi connectivity index (χ1v) is 10.2. The van der Waals surface area contributed by atoms with Crippen LogP contribution in [0.4, 0.5) is 0 Å². The smallest absolute Gasteiger partial charge is 0.254 e. The molecule has 1 aliphatic heterocycles. The predicted molar refractivity (Wildman–Crippen MR) is 114 cm³/mol. The summed E-state index contributed by atoms with van der Waals surface area (Å²) in [6.45, 7) is 3.76. The third-order valence-electron chi connectivity index (χ3n) is 5.52. The third kappa shape index (κ3) is 3.99. The van der Waals surface area contributed by atoms with Crippen molar-refractivity contribution in [1.82, 2.24) is 15.2 Å². The fourth-order valence-corrected chi connectivity index (χ4v) is 3.94. The maximum atomic E-state index is 13.4. The number of rotatable bonds is 4. The zero-order chi connectivity index (χ0) is 20.2. The van der Waals surface area contributed by atoms with Crippen molar-refractivity contribution < 1.29 is 9.59 Å². The summed E-state index contributed by atoms with van der Waals surface area (Å²) in [5.74, 6) is 0.100.